The molecule has 0 unspecified atom stereocenters. The highest BCUT2D eigenvalue weighted by molar-refractivity contribution is 7.89. The molecule has 0 aromatic carbocycles. The van der Waals surface area contributed by atoms with E-state index in [4.69, 9.17) is 0 Å². The van der Waals surface area contributed by atoms with Gasteiger partial charge in [-0.2, -0.15) is 5.10 Å². The fourth-order valence-electron chi connectivity index (χ4n) is 2.03. The third kappa shape index (κ3) is 3.68. The molecular weight excluding hydrogens is 288 g/mol. The fourth-order valence-corrected chi connectivity index (χ4v) is 3.26. The summed E-state index contributed by atoms with van der Waals surface area (Å²) >= 11 is 0. The van der Waals surface area contributed by atoms with E-state index in [0.717, 1.165) is 19.3 Å². The van der Waals surface area contributed by atoms with Crippen LogP contribution in [0.5, 0.6) is 0 Å². The average molecular weight is 308 g/mol. The Balaban J connectivity index is 2.20. The summed E-state index contributed by atoms with van der Waals surface area (Å²) in [6.07, 6.45) is 5.91. The Labute approximate surface area is 125 Å². The van der Waals surface area contributed by atoms with Crippen molar-refractivity contribution in [3.8, 4) is 5.82 Å². The highest BCUT2D eigenvalue weighted by Gasteiger charge is 2.21. The third-order valence-corrected chi connectivity index (χ3v) is 4.76. The monoisotopic (exact) mass is 308 g/mol. The van der Waals surface area contributed by atoms with Gasteiger partial charge in [0.2, 0.25) is 10.0 Å². The van der Waals surface area contributed by atoms with Crippen LogP contribution in [0.2, 0.25) is 0 Å². The van der Waals surface area contributed by atoms with Crippen LogP contribution in [0.3, 0.4) is 0 Å². The Hall–Kier alpha value is -1.73. The lowest BCUT2D eigenvalue weighted by Crippen LogP contribution is -2.25. The van der Waals surface area contributed by atoms with Gasteiger partial charge in [-0.25, -0.2) is 22.8 Å². The number of aromatic nitrogens is 3. The normalized spacial score (nSPS) is 11.7. The van der Waals surface area contributed by atoms with E-state index in [9.17, 15) is 8.42 Å². The molecule has 1 N–H and O–H groups in total. The van der Waals surface area contributed by atoms with Crippen LogP contribution in [0.1, 0.15) is 31.9 Å². The summed E-state index contributed by atoms with van der Waals surface area (Å²) in [4.78, 5) is 4.38. The molecule has 2 aromatic rings. The molecule has 6 nitrogen and oxygen atoms in total. The lowest BCUT2D eigenvalue weighted by molar-refractivity contribution is 0.575. The highest BCUT2D eigenvalue weighted by atomic mass is 32.2. The van der Waals surface area contributed by atoms with E-state index in [2.05, 4.69) is 21.7 Å². The van der Waals surface area contributed by atoms with Gasteiger partial charge in [-0.15, -0.1) is 0 Å². The zero-order chi connectivity index (χ0) is 15.3. The second-order valence-electron chi connectivity index (χ2n) is 4.80. The molecule has 0 aliphatic carbocycles. The Kier molecular flexibility index (Phi) is 5.08. The molecule has 114 valence electrons. The second-order valence-corrected chi connectivity index (χ2v) is 6.53. The highest BCUT2D eigenvalue weighted by Crippen LogP contribution is 2.17. The van der Waals surface area contributed by atoms with Crippen molar-refractivity contribution < 1.29 is 8.42 Å². The molecule has 0 saturated heterocycles. The molecule has 0 aliphatic heterocycles. The zero-order valence-electron chi connectivity index (χ0n) is 12.3. The molecule has 0 fully saturated rings. The number of pyridine rings is 1. The summed E-state index contributed by atoms with van der Waals surface area (Å²) in [5, 5.41) is 4.13. The van der Waals surface area contributed by atoms with E-state index >= 15 is 0 Å². The summed E-state index contributed by atoms with van der Waals surface area (Å²) in [6, 6.07) is 5.42. The number of rotatable bonds is 7. The van der Waals surface area contributed by atoms with Crippen molar-refractivity contribution in [1.29, 1.82) is 0 Å². The summed E-state index contributed by atoms with van der Waals surface area (Å²) in [5.41, 5.74) is 0.552. The maximum Gasteiger partial charge on any atom is 0.243 e. The Morgan fingerprint density at radius 3 is 2.76 bits per heavy atom. The van der Waals surface area contributed by atoms with Crippen molar-refractivity contribution in [3.05, 3.63) is 36.3 Å². The lowest BCUT2D eigenvalue weighted by Gasteiger charge is -2.07. The SMILES string of the molecule is CCCCCNS(=O)(=O)c1cnn(-c2ccccn2)c1C. The standard InChI is InChI=1S/C14H20N4O2S/c1-3-4-6-10-17-21(19,20)13-11-16-18(12(13)2)14-8-5-7-9-15-14/h5,7-9,11,17H,3-4,6,10H2,1-2H3. The van der Waals surface area contributed by atoms with Gasteiger partial charge in [-0.3, -0.25) is 0 Å². The van der Waals surface area contributed by atoms with E-state index in [1.807, 2.05) is 6.07 Å². The third-order valence-electron chi connectivity index (χ3n) is 3.19. The van der Waals surface area contributed by atoms with Crippen molar-refractivity contribution in [1.82, 2.24) is 19.5 Å². The van der Waals surface area contributed by atoms with Gasteiger partial charge >= 0.3 is 0 Å². The fraction of sp³-hybridized carbons (Fsp3) is 0.429. The first-order chi connectivity index (χ1) is 10.1. The minimum Gasteiger partial charge on any atom is -0.237 e. The molecule has 2 aromatic heterocycles. The average Bonchev–Trinajstić information content (AvgIpc) is 2.87. The van der Waals surface area contributed by atoms with Gasteiger partial charge in [0, 0.05) is 12.7 Å². The maximum atomic E-state index is 12.3. The van der Waals surface area contributed by atoms with Crippen molar-refractivity contribution in [2.45, 2.75) is 38.0 Å². The summed E-state index contributed by atoms with van der Waals surface area (Å²) in [7, 11) is -3.52. The first-order valence-electron chi connectivity index (χ1n) is 7.02. The quantitative estimate of drug-likeness (QED) is 0.794. The number of nitrogens with one attached hydrogen (secondary N) is 1. The number of hydrogen-bond acceptors (Lipinski definition) is 4. The molecule has 0 atom stereocenters. The van der Waals surface area contributed by atoms with E-state index < -0.39 is 10.0 Å². The van der Waals surface area contributed by atoms with Crippen LogP contribution in [0, 0.1) is 6.92 Å². The maximum absolute atomic E-state index is 12.3. The Morgan fingerprint density at radius 1 is 1.29 bits per heavy atom. The van der Waals surface area contributed by atoms with E-state index in [1.165, 1.54) is 10.9 Å². The predicted octanol–water partition coefficient (Wildman–Crippen LogP) is 2.04. The van der Waals surface area contributed by atoms with Gasteiger partial charge in [0.1, 0.15) is 4.90 Å². The lowest BCUT2D eigenvalue weighted by atomic mass is 10.3. The van der Waals surface area contributed by atoms with E-state index in [-0.39, 0.29) is 4.90 Å². The number of nitrogens with zero attached hydrogens (tertiary/aromatic N) is 3. The number of unbranched alkanes of at least 4 members (excludes halogenated alkanes) is 2. The van der Waals surface area contributed by atoms with Crippen LogP contribution in [0.25, 0.3) is 5.82 Å². The molecule has 0 amide bonds. The van der Waals surface area contributed by atoms with Gasteiger partial charge in [0.05, 0.1) is 11.9 Å². The van der Waals surface area contributed by atoms with E-state index in [1.54, 1.807) is 25.3 Å². The van der Waals surface area contributed by atoms with Gasteiger partial charge in [0.25, 0.3) is 0 Å². The molecule has 0 radical (unpaired) electrons. The number of sulfonamides is 1. The van der Waals surface area contributed by atoms with Crippen LogP contribution in [-0.4, -0.2) is 29.7 Å². The zero-order valence-corrected chi connectivity index (χ0v) is 13.1. The van der Waals surface area contributed by atoms with Crippen molar-refractivity contribution >= 4 is 10.0 Å². The molecule has 21 heavy (non-hydrogen) atoms. The number of hydrogen-bond donors (Lipinski definition) is 1. The van der Waals surface area contributed by atoms with Crippen LogP contribution in [0.15, 0.2) is 35.5 Å². The van der Waals surface area contributed by atoms with Gasteiger partial charge in [-0.05, 0) is 25.5 Å². The first-order valence-corrected chi connectivity index (χ1v) is 8.50. The molecule has 0 aliphatic rings. The van der Waals surface area contributed by atoms with Crippen LogP contribution in [-0.2, 0) is 10.0 Å². The van der Waals surface area contributed by atoms with E-state index in [0.29, 0.717) is 18.1 Å². The van der Waals surface area contributed by atoms with Crippen molar-refractivity contribution in [3.63, 3.8) is 0 Å². The van der Waals surface area contributed by atoms with Gasteiger partial charge in [-0.1, -0.05) is 25.8 Å². The Bertz CT molecular complexity index is 680. The molecule has 2 heterocycles. The molecule has 0 bridgehead atoms. The van der Waals surface area contributed by atoms with Crippen LogP contribution in [0.4, 0.5) is 0 Å². The van der Waals surface area contributed by atoms with Crippen molar-refractivity contribution in [2.24, 2.45) is 0 Å². The molecule has 7 heteroatoms. The Morgan fingerprint density at radius 2 is 2.10 bits per heavy atom. The summed E-state index contributed by atoms with van der Waals surface area (Å²) < 4.78 is 28.7. The minimum atomic E-state index is -3.52. The first kappa shape index (κ1) is 15.7. The molecule has 0 spiro atoms. The second kappa shape index (κ2) is 6.82. The molecular formula is C14H20N4O2S. The smallest absolute Gasteiger partial charge is 0.237 e. The van der Waals surface area contributed by atoms with Gasteiger partial charge in [0.15, 0.2) is 5.82 Å². The summed E-state index contributed by atoms with van der Waals surface area (Å²) in [6.45, 7) is 4.25. The predicted molar refractivity (Wildman–Crippen MR) is 80.8 cm³/mol. The van der Waals surface area contributed by atoms with Crippen LogP contribution >= 0.6 is 0 Å². The van der Waals surface area contributed by atoms with Crippen molar-refractivity contribution in [2.75, 3.05) is 6.54 Å². The van der Waals surface area contributed by atoms with Gasteiger partial charge < -0.3 is 0 Å². The molecule has 2 rings (SSSR count). The molecule has 0 saturated carbocycles. The largest absolute Gasteiger partial charge is 0.243 e. The topological polar surface area (TPSA) is 76.9 Å². The minimum absolute atomic E-state index is 0.199. The summed E-state index contributed by atoms with van der Waals surface area (Å²) in [5.74, 6) is 0.599. The van der Waals surface area contributed by atoms with Crippen LogP contribution < -0.4 is 4.72 Å².